The maximum absolute atomic E-state index is 2.62. The maximum Gasteiger partial charge on any atom is -0.0102 e. The summed E-state index contributed by atoms with van der Waals surface area (Å²) in [5, 5.41) is 0. The van der Waals surface area contributed by atoms with Gasteiger partial charge in [0.05, 0.1) is 0 Å². The van der Waals surface area contributed by atoms with Crippen molar-refractivity contribution in [3.63, 3.8) is 0 Å². The summed E-state index contributed by atoms with van der Waals surface area (Å²) in [6, 6.07) is 9.27. The summed E-state index contributed by atoms with van der Waals surface area (Å²) in [6.07, 6.45) is 10.3. The van der Waals surface area contributed by atoms with Gasteiger partial charge >= 0.3 is 0 Å². The molecule has 0 nitrogen and oxygen atoms in total. The molecule has 0 amide bonds. The first kappa shape index (κ1) is 11.1. The lowest BCUT2D eigenvalue weighted by atomic mass is 9.52. The number of hydrogen-bond acceptors (Lipinski definition) is 0. The molecule has 0 heteroatoms. The topological polar surface area (TPSA) is 0 Å². The summed E-state index contributed by atoms with van der Waals surface area (Å²) < 4.78 is 0. The van der Waals surface area contributed by atoms with E-state index in [1.807, 2.05) is 0 Å². The number of benzene rings is 1. The summed E-state index contributed by atoms with van der Waals surface area (Å²) >= 11 is 0. The molecule has 0 radical (unpaired) electrons. The first-order valence-corrected chi connectivity index (χ1v) is 7.87. The molecular formula is C18H24. The van der Waals surface area contributed by atoms with E-state index in [-0.39, 0.29) is 0 Å². The average molecular weight is 240 g/mol. The van der Waals surface area contributed by atoms with Gasteiger partial charge in [-0.25, -0.2) is 0 Å². The smallest absolute Gasteiger partial charge is 0.0102 e. The van der Waals surface area contributed by atoms with E-state index >= 15 is 0 Å². The zero-order chi connectivity index (χ0) is 12.2. The molecular weight excluding hydrogens is 216 g/mol. The molecule has 4 atom stereocenters. The lowest BCUT2D eigenvalue weighted by Crippen LogP contribution is -2.43. The van der Waals surface area contributed by atoms with E-state index in [9.17, 15) is 0 Å². The summed E-state index contributed by atoms with van der Waals surface area (Å²) in [7, 11) is 0. The van der Waals surface area contributed by atoms with E-state index in [0.717, 1.165) is 17.8 Å². The molecule has 0 spiro atoms. The van der Waals surface area contributed by atoms with Crippen molar-refractivity contribution in [2.45, 2.75) is 57.8 Å². The molecule has 0 aliphatic heterocycles. The molecule has 2 saturated carbocycles. The molecule has 0 heterocycles. The van der Waals surface area contributed by atoms with Gasteiger partial charge in [-0.3, -0.25) is 0 Å². The highest BCUT2D eigenvalue weighted by Gasteiger charge is 2.51. The maximum atomic E-state index is 2.62. The minimum absolute atomic E-state index is 0.619. The van der Waals surface area contributed by atoms with Crippen molar-refractivity contribution in [1.29, 1.82) is 0 Å². The van der Waals surface area contributed by atoms with E-state index in [0.29, 0.717) is 5.41 Å². The van der Waals surface area contributed by atoms with Crippen molar-refractivity contribution < 1.29 is 0 Å². The molecule has 3 aliphatic carbocycles. The van der Waals surface area contributed by atoms with E-state index in [1.165, 1.54) is 44.9 Å². The van der Waals surface area contributed by atoms with Crippen LogP contribution in [0.25, 0.3) is 0 Å². The van der Waals surface area contributed by atoms with Crippen molar-refractivity contribution in [2.24, 2.45) is 17.3 Å². The Bertz CT molecular complexity index is 461. The Morgan fingerprint density at radius 1 is 1.06 bits per heavy atom. The van der Waals surface area contributed by atoms with Gasteiger partial charge in [0.25, 0.3) is 0 Å². The van der Waals surface area contributed by atoms with Gasteiger partial charge in [-0.15, -0.1) is 0 Å². The molecule has 3 aliphatic rings. The summed E-state index contributed by atoms with van der Waals surface area (Å²) in [5.74, 6) is 2.96. The molecule has 1 aromatic carbocycles. The molecule has 0 N–H and O–H groups in total. The largest absolute Gasteiger partial charge is 0.0620 e. The second-order valence-corrected chi connectivity index (χ2v) is 7.13. The van der Waals surface area contributed by atoms with E-state index in [1.54, 1.807) is 11.1 Å². The van der Waals surface area contributed by atoms with Crippen LogP contribution in [0.15, 0.2) is 24.3 Å². The van der Waals surface area contributed by atoms with Gasteiger partial charge in [-0.2, -0.15) is 0 Å². The quantitative estimate of drug-likeness (QED) is 0.603. The van der Waals surface area contributed by atoms with Crippen molar-refractivity contribution in [3.05, 3.63) is 35.4 Å². The number of aryl methyl sites for hydroxylation is 1. The van der Waals surface area contributed by atoms with Crippen LogP contribution in [0, 0.1) is 17.3 Å². The summed E-state index contributed by atoms with van der Waals surface area (Å²) in [4.78, 5) is 0. The number of fused-ring (bicyclic) bond motifs is 5. The van der Waals surface area contributed by atoms with Crippen LogP contribution in [-0.4, -0.2) is 0 Å². The molecule has 1 aromatic rings. The van der Waals surface area contributed by atoms with Crippen molar-refractivity contribution >= 4 is 0 Å². The third kappa shape index (κ3) is 1.38. The number of hydrogen-bond donors (Lipinski definition) is 0. The standard InChI is InChI=1S/C18H24/c1-18-12-11-13-5-2-3-7-15(13)17(18)10-9-14-6-4-8-16(14)18/h2-3,5,7,14,16-17H,4,6,8-12H2,1H3/t14-,16+,17+,18-/m0/s1. The fourth-order valence-corrected chi connectivity index (χ4v) is 5.60. The fourth-order valence-electron chi connectivity index (χ4n) is 5.60. The molecule has 4 rings (SSSR count). The van der Waals surface area contributed by atoms with Crippen LogP contribution in [0.2, 0.25) is 0 Å². The summed E-state index contributed by atoms with van der Waals surface area (Å²) in [6.45, 7) is 2.62. The van der Waals surface area contributed by atoms with Gasteiger partial charge in [0, 0.05) is 0 Å². The zero-order valence-corrected chi connectivity index (χ0v) is 11.5. The first-order chi connectivity index (χ1) is 8.79. The first-order valence-electron chi connectivity index (χ1n) is 7.87. The molecule has 2 fully saturated rings. The van der Waals surface area contributed by atoms with Crippen molar-refractivity contribution in [3.8, 4) is 0 Å². The minimum atomic E-state index is 0.619. The lowest BCUT2D eigenvalue weighted by molar-refractivity contribution is 0.0361. The third-order valence-electron chi connectivity index (χ3n) is 6.49. The van der Waals surface area contributed by atoms with Crippen molar-refractivity contribution in [1.82, 2.24) is 0 Å². The molecule has 0 saturated heterocycles. The highest BCUT2D eigenvalue weighted by Crippen LogP contribution is 2.62. The van der Waals surface area contributed by atoms with Gasteiger partial charge in [0.2, 0.25) is 0 Å². The van der Waals surface area contributed by atoms with Gasteiger partial charge < -0.3 is 0 Å². The minimum Gasteiger partial charge on any atom is -0.0620 e. The molecule has 0 unspecified atom stereocenters. The SMILES string of the molecule is C[C@@]12CCc3ccccc3[C@H]1CC[C@@H]1CCC[C@H]12. The Kier molecular flexibility index (Phi) is 2.37. The average Bonchev–Trinajstić information content (AvgIpc) is 2.88. The third-order valence-corrected chi connectivity index (χ3v) is 6.49. The predicted octanol–water partition coefficient (Wildman–Crippen LogP) is 4.93. The van der Waals surface area contributed by atoms with Crippen LogP contribution in [-0.2, 0) is 6.42 Å². The van der Waals surface area contributed by atoms with Gasteiger partial charge in [0.1, 0.15) is 0 Å². The van der Waals surface area contributed by atoms with Crippen LogP contribution >= 0.6 is 0 Å². The second-order valence-electron chi connectivity index (χ2n) is 7.13. The van der Waals surface area contributed by atoms with Crippen LogP contribution < -0.4 is 0 Å². The Morgan fingerprint density at radius 2 is 1.94 bits per heavy atom. The number of rotatable bonds is 0. The molecule has 18 heavy (non-hydrogen) atoms. The van der Waals surface area contributed by atoms with E-state index in [4.69, 9.17) is 0 Å². The molecule has 0 aromatic heterocycles. The Morgan fingerprint density at radius 3 is 2.89 bits per heavy atom. The monoisotopic (exact) mass is 240 g/mol. The van der Waals surface area contributed by atoms with Crippen LogP contribution in [0.4, 0.5) is 0 Å². The zero-order valence-electron chi connectivity index (χ0n) is 11.5. The van der Waals surface area contributed by atoms with Crippen molar-refractivity contribution in [2.75, 3.05) is 0 Å². The Balaban J connectivity index is 1.78. The van der Waals surface area contributed by atoms with Gasteiger partial charge in [-0.1, -0.05) is 44.0 Å². The van der Waals surface area contributed by atoms with Crippen LogP contribution in [0.5, 0.6) is 0 Å². The lowest BCUT2D eigenvalue weighted by Gasteiger charge is -2.52. The van der Waals surface area contributed by atoms with E-state index < -0.39 is 0 Å². The van der Waals surface area contributed by atoms with Gasteiger partial charge in [0.15, 0.2) is 0 Å². The predicted molar refractivity (Wildman–Crippen MR) is 75.7 cm³/mol. The normalized spacial score (nSPS) is 41.9. The second kappa shape index (κ2) is 3.85. The molecule has 96 valence electrons. The highest BCUT2D eigenvalue weighted by atomic mass is 14.6. The van der Waals surface area contributed by atoms with Crippen LogP contribution in [0.3, 0.4) is 0 Å². The fraction of sp³-hybridized carbons (Fsp3) is 0.667. The van der Waals surface area contributed by atoms with E-state index in [2.05, 4.69) is 31.2 Å². The molecule has 0 bridgehead atoms. The highest BCUT2D eigenvalue weighted by molar-refractivity contribution is 5.36. The van der Waals surface area contributed by atoms with Crippen LogP contribution in [0.1, 0.15) is 62.5 Å². The Hall–Kier alpha value is -0.780. The summed E-state index contributed by atoms with van der Waals surface area (Å²) in [5.41, 5.74) is 3.97. The van der Waals surface area contributed by atoms with Gasteiger partial charge in [-0.05, 0) is 66.4 Å². The Labute approximate surface area is 111 Å².